The van der Waals surface area contributed by atoms with Gasteiger partial charge >= 0.3 is 6.18 Å². The molecule has 4 N–H and O–H groups in total. The summed E-state index contributed by atoms with van der Waals surface area (Å²) in [6.07, 6.45) is 4.29. The van der Waals surface area contributed by atoms with Crippen molar-refractivity contribution in [2.24, 2.45) is 5.92 Å². The number of carbonyl (C=O) groups is 2. The van der Waals surface area contributed by atoms with Crippen molar-refractivity contribution in [1.29, 1.82) is 5.41 Å². The van der Waals surface area contributed by atoms with Crippen molar-refractivity contribution in [3.05, 3.63) is 78.0 Å². The highest BCUT2D eigenvalue weighted by Gasteiger charge is 2.37. The number of benzene rings is 1. The number of pyridine rings is 1. The lowest BCUT2D eigenvalue weighted by Gasteiger charge is -2.36. The topological polar surface area (TPSA) is 141 Å². The molecule has 0 radical (unpaired) electrons. The molecule has 216 valence electrons. The molecule has 1 fully saturated rings. The number of nitrogens with one attached hydrogen (secondary N) is 3. The van der Waals surface area contributed by atoms with Gasteiger partial charge in [0, 0.05) is 47.9 Å². The summed E-state index contributed by atoms with van der Waals surface area (Å²) < 4.78 is 38.6. The second kappa shape index (κ2) is 12.5. The minimum Gasteiger partial charge on any atom is -0.384 e. The Morgan fingerprint density at radius 2 is 1.88 bits per heavy atom. The third-order valence-electron chi connectivity index (χ3n) is 7.20. The van der Waals surface area contributed by atoms with E-state index in [4.69, 9.17) is 5.41 Å². The van der Waals surface area contributed by atoms with E-state index >= 15 is 0 Å². The maximum absolute atomic E-state index is 12.9. The number of aliphatic hydroxyl groups is 1. The predicted octanol–water partition coefficient (Wildman–Crippen LogP) is 4.28. The molecule has 41 heavy (non-hydrogen) atoms. The smallest absolute Gasteiger partial charge is 0.384 e. The number of alkyl halides is 3. The molecule has 4 rings (SSSR count). The number of nitrogens with zero attached hydrogens (tertiary/aromatic N) is 3. The van der Waals surface area contributed by atoms with E-state index in [1.54, 1.807) is 37.8 Å². The van der Waals surface area contributed by atoms with Crippen molar-refractivity contribution < 1.29 is 27.9 Å². The molecule has 0 spiro atoms. The zero-order chi connectivity index (χ0) is 29.6. The Morgan fingerprint density at radius 1 is 1.12 bits per heavy atom. The van der Waals surface area contributed by atoms with Gasteiger partial charge in [-0.15, -0.1) is 0 Å². The van der Waals surface area contributed by atoms with Gasteiger partial charge in [0.2, 0.25) is 5.91 Å². The first-order valence-corrected chi connectivity index (χ1v) is 13.2. The maximum Gasteiger partial charge on any atom is 0.416 e. The predicted molar refractivity (Wildman–Crippen MR) is 145 cm³/mol. The summed E-state index contributed by atoms with van der Waals surface area (Å²) in [6, 6.07) is 7.21. The number of hydrogen-bond acceptors (Lipinski definition) is 7. The van der Waals surface area contributed by atoms with Crippen LogP contribution in [0.2, 0.25) is 0 Å². The third kappa shape index (κ3) is 7.72. The van der Waals surface area contributed by atoms with Crippen molar-refractivity contribution in [2.45, 2.75) is 56.8 Å². The van der Waals surface area contributed by atoms with E-state index in [1.165, 1.54) is 6.07 Å². The quantitative estimate of drug-likeness (QED) is 0.284. The first kappa shape index (κ1) is 29.8. The van der Waals surface area contributed by atoms with E-state index in [-0.39, 0.29) is 11.5 Å². The summed E-state index contributed by atoms with van der Waals surface area (Å²) in [6.45, 7) is 1.33. The molecule has 12 heteroatoms. The fraction of sp³-hybridized carbons (Fsp3) is 0.379. The average Bonchev–Trinajstić information content (AvgIpc) is 2.96. The highest BCUT2D eigenvalue weighted by atomic mass is 19.4. The van der Waals surface area contributed by atoms with Crippen LogP contribution in [0.15, 0.2) is 61.2 Å². The number of rotatable bonds is 9. The highest BCUT2D eigenvalue weighted by Crippen LogP contribution is 2.39. The lowest BCUT2D eigenvalue weighted by atomic mass is 9.74. The molecule has 0 unspecified atom stereocenters. The van der Waals surface area contributed by atoms with Gasteiger partial charge in [0.25, 0.3) is 5.91 Å². The molecule has 2 aromatic heterocycles. The van der Waals surface area contributed by atoms with Gasteiger partial charge in [-0.3, -0.25) is 24.5 Å². The zero-order valence-corrected chi connectivity index (χ0v) is 22.4. The van der Waals surface area contributed by atoms with Gasteiger partial charge in [0.05, 0.1) is 29.7 Å². The molecule has 2 heterocycles. The first-order valence-electron chi connectivity index (χ1n) is 13.2. The van der Waals surface area contributed by atoms with E-state index in [0.717, 1.165) is 23.8 Å². The standard InChI is InChI=1S/C29H31F3N6O3/c1-18(38-26(39)17-37-27(40)20-3-2-4-22(14-20)29(30,31)32)13-23(33)19-7-9-28(41,10-8-19)25-6-5-21(15-36-25)24-16-34-11-12-35-24/h2-6,11-12,14-16,18-19,33,41H,7-10,13,17H2,1H3,(H,37,40)(H,38,39)/t18-,19?,28?/m1/s1. The molecule has 0 aliphatic heterocycles. The average molecular weight is 569 g/mol. The lowest BCUT2D eigenvalue weighted by molar-refractivity contribution is -0.137. The van der Waals surface area contributed by atoms with Crippen LogP contribution in [0.4, 0.5) is 13.2 Å². The molecule has 1 aromatic carbocycles. The Kier molecular flexibility index (Phi) is 9.11. The number of hydrogen-bond donors (Lipinski definition) is 4. The fourth-order valence-electron chi connectivity index (χ4n) is 4.94. The molecule has 1 aliphatic rings. The van der Waals surface area contributed by atoms with Gasteiger partial charge in [0.1, 0.15) is 5.60 Å². The maximum atomic E-state index is 12.9. The van der Waals surface area contributed by atoms with E-state index in [1.807, 2.05) is 6.07 Å². The third-order valence-corrected chi connectivity index (χ3v) is 7.20. The van der Waals surface area contributed by atoms with Gasteiger partial charge < -0.3 is 21.1 Å². The lowest BCUT2D eigenvalue weighted by Crippen LogP contribution is -2.42. The van der Waals surface area contributed by atoms with Crippen molar-refractivity contribution in [3.8, 4) is 11.3 Å². The Hall–Kier alpha value is -4.19. The number of halogens is 3. The van der Waals surface area contributed by atoms with E-state index < -0.39 is 41.7 Å². The minimum atomic E-state index is -4.58. The Balaban J connectivity index is 1.22. The Morgan fingerprint density at radius 3 is 2.51 bits per heavy atom. The van der Waals surface area contributed by atoms with E-state index in [2.05, 4.69) is 25.6 Å². The van der Waals surface area contributed by atoms with Crippen molar-refractivity contribution in [2.75, 3.05) is 6.54 Å². The van der Waals surface area contributed by atoms with E-state index in [0.29, 0.717) is 49.2 Å². The summed E-state index contributed by atoms with van der Waals surface area (Å²) in [5.74, 6) is -1.35. The van der Waals surface area contributed by atoms with E-state index in [9.17, 15) is 27.9 Å². The van der Waals surface area contributed by atoms with Crippen LogP contribution in [0.1, 0.15) is 60.6 Å². The van der Waals surface area contributed by atoms with Crippen molar-refractivity contribution in [3.63, 3.8) is 0 Å². The van der Waals surface area contributed by atoms with Gasteiger partial charge in [-0.25, -0.2) is 0 Å². The largest absolute Gasteiger partial charge is 0.416 e. The van der Waals surface area contributed by atoms with Crippen molar-refractivity contribution >= 4 is 17.5 Å². The number of amides is 2. The van der Waals surface area contributed by atoms with Gasteiger partial charge in [0.15, 0.2) is 0 Å². The van der Waals surface area contributed by atoms with Crippen LogP contribution in [-0.4, -0.2) is 50.2 Å². The molecule has 2 amide bonds. The van der Waals surface area contributed by atoms with Crippen molar-refractivity contribution in [1.82, 2.24) is 25.6 Å². The molecular formula is C29H31F3N6O3. The molecule has 0 bridgehead atoms. The normalized spacial score (nSPS) is 19.7. The molecule has 1 aliphatic carbocycles. The van der Waals surface area contributed by atoms with Gasteiger partial charge in [-0.05, 0) is 68.9 Å². The van der Waals surface area contributed by atoms with Crippen LogP contribution in [0.25, 0.3) is 11.3 Å². The monoisotopic (exact) mass is 568 g/mol. The summed E-state index contributed by atoms with van der Waals surface area (Å²) in [5.41, 5.74) is 0.283. The summed E-state index contributed by atoms with van der Waals surface area (Å²) in [7, 11) is 0. The molecule has 1 atom stereocenters. The zero-order valence-electron chi connectivity index (χ0n) is 22.4. The van der Waals surface area contributed by atoms with Crippen LogP contribution in [-0.2, 0) is 16.6 Å². The second-order valence-corrected chi connectivity index (χ2v) is 10.3. The Bertz CT molecular complexity index is 1370. The van der Waals surface area contributed by atoms with Crippen LogP contribution < -0.4 is 10.6 Å². The molecular weight excluding hydrogens is 537 g/mol. The summed E-state index contributed by atoms with van der Waals surface area (Å²) >= 11 is 0. The molecule has 3 aromatic rings. The second-order valence-electron chi connectivity index (χ2n) is 10.3. The van der Waals surface area contributed by atoms with Crippen LogP contribution in [0.3, 0.4) is 0 Å². The van der Waals surface area contributed by atoms with Gasteiger partial charge in [-0.1, -0.05) is 6.07 Å². The fourth-order valence-corrected chi connectivity index (χ4v) is 4.94. The molecule has 9 nitrogen and oxygen atoms in total. The summed E-state index contributed by atoms with van der Waals surface area (Å²) in [5, 5.41) is 24.8. The number of aromatic nitrogens is 3. The molecule has 0 saturated heterocycles. The molecule has 1 saturated carbocycles. The van der Waals surface area contributed by atoms with Crippen LogP contribution in [0.5, 0.6) is 0 Å². The summed E-state index contributed by atoms with van der Waals surface area (Å²) in [4.78, 5) is 37.3. The Labute approximate surface area is 235 Å². The first-order chi connectivity index (χ1) is 19.4. The number of carbonyl (C=O) groups excluding carboxylic acids is 2. The SMILES string of the molecule is C[C@H](CC(=N)C1CCC(O)(c2ccc(-c3cnccn3)cn2)CC1)NC(=O)CNC(=O)c1cccc(C(F)(F)F)c1. The van der Waals surface area contributed by atoms with Crippen LogP contribution in [0, 0.1) is 11.3 Å². The van der Waals surface area contributed by atoms with Crippen LogP contribution >= 0.6 is 0 Å². The minimum absolute atomic E-state index is 0.0471. The highest BCUT2D eigenvalue weighted by molar-refractivity contribution is 5.96. The van der Waals surface area contributed by atoms with Gasteiger partial charge in [-0.2, -0.15) is 13.2 Å².